The smallest absolute Gasteiger partial charge is 0.200 e. The third-order valence-corrected chi connectivity index (χ3v) is 5.17. The van der Waals surface area contributed by atoms with Gasteiger partial charge >= 0.3 is 0 Å². The predicted molar refractivity (Wildman–Crippen MR) is 73.9 cm³/mol. The maximum atomic E-state index is 12.1. The third kappa shape index (κ3) is 2.56. The Hall–Kier alpha value is -0.880. The molecule has 19 heavy (non-hydrogen) atoms. The summed E-state index contributed by atoms with van der Waals surface area (Å²) in [6, 6.07) is 5.04. The van der Waals surface area contributed by atoms with Crippen LogP contribution in [0.2, 0.25) is 5.02 Å². The number of ether oxygens (including phenoxy) is 1. The van der Waals surface area contributed by atoms with Crippen LogP contribution in [-0.4, -0.2) is 46.2 Å². The summed E-state index contributed by atoms with van der Waals surface area (Å²) in [5.74, 6) is 0. The van der Waals surface area contributed by atoms with Gasteiger partial charge in [0.25, 0.3) is 0 Å². The lowest BCUT2D eigenvalue weighted by molar-refractivity contribution is 0.0444. The molecule has 6 heteroatoms. The van der Waals surface area contributed by atoms with Crippen LogP contribution in [0.4, 0.5) is 0 Å². The van der Waals surface area contributed by atoms with E-state index in [1.807, 2.05) is 0 Å². The van der Waals surface area contributed by atoms with E-state index >= 15 is 0 Å². The minimum Gasteiger partial charge on any atom is -0.379 e. The largest absolute Gasteiger partial charge is 0.379 e. The molecule has 0 spiro atoms. The van der Waals surface area contributed by atoms with Crippen molar-refractivity contribution in [3.8, 4) is 0 Å². The zero-order chi connectivity index (χ0) is 13.5. The molecular weight excluding hydrogens is 286 g/mol. The van der Waals surface area contributed by atoms with Gasteiger partial charge in [-0.15, -0.1) is 0 Å². The number of nitrogens with zero attached hydrogens (tertiary/aromatic N) is 1. The number of fused-ring (bicyclic) bond motifs is 1. The molecule has 1 fully saturated rings. The van der Waals surface area contributed by atoms with Crippen LogP contribution < -0.4 is 0 Å². The van der Waals surface area contributed by atoms with Gasteiger partial charge in [-0.2, -0.15) is 0 Å². The summed E-state index contributed by atoms with van der Waals surface area (Å²) in [7, 11) is -3.33. The van der Waals surface area contributed by atoms with Gasteiger partial charge in [0.2, 0.25) is 9.84 Å². The van der Waals surface area contributed by atoms with Crippen LogP contribution in [-0.2, 0) is 14.6 Å². The molecule has 2 heterocycles. The molecular formula is C13H14ClNO3S. The van der Waals surface area contributed by atoms with E-state index in [4.69, 9.17) is 16.3 Å². The molecule has 2 aliphatic heterocycles. The van der Waals surface area contributed by atoms with Gasteiger partial charge in [-0.05, 0) is 23.3 Å². The summed E-state index contributed by atoms with van der Waals surface area (Å²) in [6.07, 6.45) is 0. The van der Waals surface area contributed by atoms with Crippen molar-refractivity contribution in [1.29, 1.82) is 0 Å². The third-order valence-electron chi connectivity index (χ3n) is 3.39. The monoisotopic (exact) mass is 299 g/mol. The normalized spacial score (nSPS) is 22.1. The van der Waals surface area contributed by atoms with E-state index < -0.39 is 9.84 Å². The van der Waals surface area contributed by atoms with Crippen LogP contribution in [0.5, 0.6) is 0 Å². The molecule has 0 aliphatic carbocycles. The first kappa shape index (κ1) is 13.1. The first-order chi connectivity index (χ1) is 9.06. The van der Waals surface area contributed by atoms with Crippen molar-refractivity contribution in [3.63, 3.8) is 0 Å². The zero-order valence-corrected chi connectivity index (χ0v) is 11.9. The second-order valence-electron chi connectivity index (χ2n) is 4.72. The lowest BCUT2D eigenvalue weighted by Gasteiger charge is -2.27. The summed E-state index contributed by atoms with van der Waals surface area (Å²) in [5, 5.41) is 1.81. The van der Waals surface area contributed by atoms with Gasteiger partial charge < -0.3 is 4.74 Å². The Morgan fingerprint density at radius 2 is 2.00 bits per heavy atom. The molecule has 102 valence electrons. The Morgan fingerprint density at radius 1 is 1.26 bits per heavy atom. The van der Waals surface area contributed by atoms with Gasteiger partial charge in [0.1, 0.15) is 0 Å². The molecule has 0 aromatic heterocycles. The number of benzene rings is 1. The Balaban J connectivity index is 1.92. The second-order valence-corrected chi connectivity index (χ2v) is 6.92. The fourth-order valence-electron chi connectivity index (χ4n) is 2.43. The molecule has 0 unspecified atom stereocenters. The fraction of sp³-hybridized carbons (Fsp3) is 0.385. The summed E-state index contributed by atoms with van der Waals surface area (Å²) in [5.41, 5.74) is 1.62. The van der Waals surface area contributed by atoms with E-state index in [0.717, 1.165) is 24.2 Å². The van der Waals surface area contributed by atoms with E-state index in [-0.39, 0.29) is 0 Å². The Morgan fingerprint density at radius 3 is 2.74 bits per heavy atom. The van der Waals surface area contributed by atoms with E-state index in [2.05, 4.69) is 4.90 Å². The van der Waals surface area contributed by atoms with E-state index in [0.29, 0.717) is 29.7 Å². The number of morpholine rings is 1. The number of halogens is 1. The SMILES string of the molecule is O=S1(=O)C=C(CN2CCOCC2)c2ccc(Cl)cc21. The van der Waals surface area contributed by atoms with Crippen LogP contribution in [0.3, 0.4) is 0 Å². The molecule has 0 radical (unpaired) electrons. The van der Waals surface area contributed by atoms with Crippen LogP contribution in [0.25, 0.3) is 5.57 Å². The van der Waals surface area contributed by atoms with Crippen LogP contribution >= 0.6 is 11.6 Å². The number of rotatable bonds is 2. The molecule has 3 rings (SSSR count). The fourth-order valence-corrected chi connectivity index (χ4v) is 4.17. The summed E-state index contributed by atoms with van der Waals surface area (Å²) >= 11 is 5.88. The van der Waals surface area contributed by atoms with Gasteiger partial charge in [0.05, 0.1) is 18.1 Å². The van der Waals surface area contributed by atoms with Crippen molar-refractivity contribution in [2.24, 2.45) is 0 Å². The Bertz CT molecular complexity index is 633. The highest BCUT2D eigenvalue weighted by molar-refractivity contribution is 7.95. The van der Waals surface area contributed by atoms with Crippen molar-refractivity contribution in [2.45, 2.75) is 4.90 Å². The molecule has 0 amide bonds. The quantitative estimate of drug-likeness (QED) is 0.835. The molecule has 4 nitrogen and oxygen atoms in total. The van der Waals surface area contributed by atoms with Crippen molar-refractivity contribution < 1.29 is 13.2 Å². The van der Waals surface area contributed by atoms with Gasteiger partial charge in [-0.1, -0.05) is 17.7 Å². The lowest BCUT2D eigenvalue weighted by atomic mass is 10.1. The molecule has 1 aromatic carbocycles. The maximum absolute atomic E-state index is 12.1. The first-order valence-corrected chi connectivity index (χ1v) is 8.04. The summed E-state index contributed by atoms with van der Waals surface area (Å²) in [6.45, 7) is 3.71. The minimum absolute atomic E-state index is 0.322. The van der Waals surface area contributed by atoms with Gasteiger partial charge in [0.15, 0.2) is 0 Å². The highest BCUT2D eigenvalue weighted by Crippen LogP contribution is 2.35. The molecule has 0 N–H and O–H groups in total. The molecule has 1 aromatic rings. The van der Waals surface area contributed by atoms with E-state index in [9.17, 15) is 8.42 Å². The lowest BCUT2D eigenvalue weighted by Crippen LogP contribution is -2.37. The highest BCUT2D eigenvalue weighted by atomic mass is 35.5. The van der Waals surface area contributed by atoms with E-state index in [1.165, 1.54) is 11.5 Å². The van der Waals surface area contributed by atoms with Crippen LogP contribution in [0.15, 0.2) is 28.5 Å². The average Bonchev–Trinajstić information content (AvgIpc) is 2.62. The van der Waals surface area contributed by atoms with Gasteiger partial charge in [-0.3, -0.25) is 4.90 Å². The van der Waals surface area contributed by atoms with Crippen molar-refractivity contribution >= 4 is 27.0 Å². The molecule has 2 aliphatic rings. The zero-order valence-electron chi connectivity index (χ0n) is 10.3. The Kier molecular flexibility index (Phi) is 3.39. The molecule has 1 saturated heterocycles. The number of hydrogen-bond donors (Lipinski definition) is 0. The first-order valence-electron chi connectivity index (χ1n) is 6.12. The minimum atomic E-state index is -3.33. The predicted octanol–water partition coefficient (Wildman–Crippen LogP) is 1.80. The van der Waals surface area contributed by atoms with E-state index in [1.54, 1.807) is 12.1 Å². The Labute approximate surface area is 117 Å². The topological polar surface area (TPSA) is 46.6 Å². The second kappa shape index (κ2) is 4.90. The molecule has 0 bridgehead atoms. The number of hydrogen-bond acceptors (Lipinski definition) is 4. The van der Waals surface area contributed by atoms with Crippen molar-refractivity contribution in [1.82, 2.24) is 4.90 Å². The molecule has 0 atom stereocenters. The van der Waals surface area contributed by atoms with Crippen LogP contribution in [0, 0.1) is 0 Å². The standard InChI is InChI=1S/C13H14ClNO3S/c14-11-1-2-12-10(8-15-3-5-18-6-4-15)9-19(16,17)13(12)7-11/h1-2,7,9H,3-6,8H2. The summed E-state index contributed by atoms with van der Waals surface area (Å²) < 4.78 is 29.5. The van der Waals surface area contributed by atoms with Crippen molar-refractivity contribution in [2.75, 3.05) is 32.8 Å². The van der Waals surface area contributed by atoms with Gasteiger partial charge in [-0.25, -0.2) is 8.42 Å². The van der Waals surface area contributed by atoms with Gasteiger partial charge in [0, 0.05) is 30.1 Å². The average molecular weight is 300 g/mol. The maximum Gasteiger partial charge on any atom is 0.200 e. The highest BCUT2D eigenvalue weighted by Gasteiger charge is 2.28. The van der Waals surface area contributed by atoms with Crippen LogP contribution in [0.1, 0.15) is 5.56 Å². The summed E-state index contributed by atoms with van der Waals surface area (Å²) in [4.78, 5) is 2.53. The molecule has 0 saturated carbocycles. The number of sulfone groups is 1. The van der Waals surface area contributed by atoms with Crippen molar-refractivity contribution in [3.05, 3.63) is 34.2 Å².